The molecular weight excluding hydrogens is 705 g/mol. The molecule has 274 valence electrons. The number of hydrogen-bond donors (Lipinski definition) is 0. The standard InChI is InChI=1S/C54H38N4/c1-4-15-36(16-5-1)27-32-44-43-23-10-11-25-46(43)50-47(44)33-34-48-45-24-12-13-26-49(45)58(51(48)50)42-22-14-21-41(35-42)54-56-52(39-19-8-3-9-20-39)55-53(57-54)40-30-28-38(29-31-40)37-17-6-2-7-18-37/h1-26,28-31,33-35,44H,27,32H2. The van der Waals surface area contributed by atoms with E-state index < -0.39 is 0 Å². The Morgan fingerprint density at radius 3 is 1.74 bits per heavy atom. The van der Waals surface area contributed by atoms with E-state index in [1.54, 1.807) is 0 Å². The second-order valence-electron chi connectivity index (χ2n) is 15.1. The molecule has 58 heavy (non-hydrogen) atoms. The smallest absolute Gasteiger partial charge is 0.164 e. The van der Waals surface area contributed by atoms with E-state index in [-0.39, 0.29) is 0 Å². The first kappa shape index (κ1) is 33.9. The molecule has 0 spiro atoms. The Kier molecular flexibility index (Phi) is 8.32. The third kappa shape index (κ3) is 5.89. The lowest BCUT2D eigenvalue weighted by molar-refractivity contribution is 0.730. The zero-order valence-electron chi connectivity index (χ0n) is 31.8. The number of nitrogens with zero attached hydrogens (tertiary/aromatic N) is 4. The van der Waals surface area contributed by atoms with Crippen LogP contribution in [0.15, 0.2) is 200 Å². The van der Waals surface area contributed by atoms with E-state index in [0.29, 0.717) is 23.4 Å². The van der Waals surface area contributed by atoms with E-state index in [9.17, 15) is 0 Å². The Balaban J connectivity index is 1.07. The first-order valence-electron chi connectivity index (χ1n) is 20.0. The molecule has 1 unspecified atom stereocenters. The van der Waals surface area contributed by atoms with Crippen molar-refractivity contribution < 1.29 is 0 Å². The highest BCUT2D eigenvalue weighted by molar-refractivity contribution is 6.15. The van der Waals surface area contributed by atoms with Crippen molar-refractivity contribution in [1.29, 1.82) is 0 Å². The molecule has 4 heteroatoms. The number of aryl methyl sites for hydroxylation is 1. The summed E-state index contributed by atoms with van der Waals surface area (Å²) in [4.78, 5) is 15.3. The highest BCUT2D eigenvalue weighted by atomic mass is 15.0. The SMILES string of the molecule is c1ccc(CCC2c3ccccc3-c3c2ccc2c4ccccc4n(-c4cccc(-c5nc(-c6ccccc6)nc(-c6ccc(-c7ccccc7)cc6)n5)c4)c32)cc1. The van der Waals surface area contributed by atoms with Crippen molar-refractivity contribution >= 4 is 21.8 Å². The molecule has 11 rings (SSSR count). The molecule has 2 heterocycles. The van der Waals surface area contributed by atoms with Crippen molar-refractivity contribution in [3.05, 3.63) is 217 Å². The van der Waals surface area contributed by atoms with Gasteiger partial charge < -0.3 is 4.57 Å². The van der Waals surface area contributed by atoms with Crippen LogP contribution in [0, 0.1) is 0 Å². The number of aromatic nitrogens is 4. The Bertz CT molecular complexity index is 3100. The van der Waals surface area contributed by atoms with Crippen LogP contribution >= 0.6 is 0 Å². The number of rotatable bonds is 8. The second-order valence-corrected chi connectivity index (χ2v) is 15.1. The van der Waals surface area contributed by atoms with E-state index in [1.807, 2.05) is 24.3 Å². The van der Waals surface area contributed by atoms with Gasteiger partial charge in [-0.1, -0.05) is 182 Å². The second kappa shape index (κ2) is 14.3. The maximum atomic E-state index is 5.16. The van der Waals surface area contributed by atoms with Gasteiger partial charge in [0.15, 0.2) is 17.5 Å². The van der Waals surface area contributed by atoms with Gasteiger partial charge in [-0.2, -0.15) is 0 Å². The topological polar surface area (TPSA) is 43.6 Å². The zero-order chi connectivity index (χ0) is 38.4. The first-order chi connectivity index (χ1) is 28.8. The van der Waals surface area contributed by atoms with Gasteiger partial charge in [0, 0.05) is 44.6 Å². The quantitative estimate of drug-likeness (QED) is 0.156. The number of benzene rings is 8. The number of para-hydroxylation sites is 1. The monoisotopic (exact) mass is 742 g/mol. The lowest BCUT2D eigenvalue weighted by Crippen LogP contribution is -2.01. The van der Waals surface area contributed by atoms with Gasteiger partial charge in [-0.15, -0.1) is 0 Å². The average Bonchev–Trinajstić information content (AvgIpc) is 3.82. The maximum Gasteiger partial charge on any atom is 0.164 e. The van der Waals surface area contributed by atoms with Crippen LogP contribution in [0.3, 0.4) is 0 Å². The van der Waals surface area contributed by atoms with Crippen LogP contribution in [0.25, 0.3) is 83.9 Å². The summed E-state index contributed by atoms with van der Waals surface area (Å²) >= 11 is 0. The minimum Gasteiger partial charge on any atom is -0.309 e. The van der Waals surface area contributed by atoms with Crippen LogP contribution < -0.4 is 0 Å². The van der Waals surface area contributed by atoms with Gasteiger partial charge in [0.05, 0.1) is 11.0 Å². The summed E-state index contributed by atoms with van der Waals surface area (Å²) in [5.41, 5.74) is 15.5. The molecule has 1 atom stereocenters. The van der Waals surface area contributed by atoms with Gasteiger partial charge in [-0.05, 0) is 64.4 Å². The molecule has 0 amide bonds. The number of fused-ring (bicyclic) bond motifs is 7. The van der Waals surface area contributed by atoms with Gasteiger partial charge in [0.25, 0.3) is 0 Å². The van der Waals surface area contributed by atoms with E-state index in [1.165, 1.54) is 55.2 Å². The largest absolute Gasteiger partial charge is 0.309 e. The van der Waals surface area contributed by atoms with Crippen LogP contribution in [0.4, 0.5) is 0 Å². The molecule has 10 aromatic rings. The molecule has 0 saturated heterocycles. The molecule has 2 aromatic heterocycles. The average molecular weight is 743 g/mol. The molecule has 0 fully saturated rings. The molecule has 4 nitrogen and oxygen atoms in total. The van der Waals surface area contributed by atoms with E-state index in [4.69, 9.17) is 15.0 Å². The maximum absolute atomic E-state index is 5.16. The molecule has 1 aliphatic rings. The fourth-order valence-electron chi connectivity index (χ4n) is 8.95. The minimum atomic E-state index is 0.315. The summed E-state index contributed by atoms with van der Waals surface area (Å²) in [6.07, 6.45) is 2.08. The van der Waals surface area contributed by atoms with Crippen LogP contribution in [0.2, 0.25) is 0 Å². The molecule has 1 aliphatic carbocycles. The van der Waals surface area contributed by atoms with Crippen LogP contribution in [0.5, 0.6) is 0 Å². The first-order valence-corrected chi connectivity index (χ1v) is 20.0. The third-order valence-corrected chi connectivity index (χ3v) is 11.7. The van der Waals surface area contributed by atoms with E-state index in [2.05, 4.69) is 180 Å². The molecule has 0 N–H and O–H groups in total. The van der Waals surface area contributed by atoms with Crippen molar-refractivity contribution in [3.63, 3.8) is 0 Å². The molecular formula is C54H38N4. The Hall–Kier alpha value is -7.43. The fraction of sp³-hybridized carbons (Fsp3) is 0.0556. The Morgan fingerprint density at radius 2 is 0.983 bits per heavy atom. The Morgan fingerprint density at radius 1 is 0.414 bits per heavy atom. The molecule has 8 aromatic carbocycles. The lowest BCUT2D eigenvalue weighted by Gasteiger charge is -2.15. The van der Waals surface area contributed by atoms with Gasteiger partial charge in [-0.3, -0.25) is 0 Å². The molecule has 0 radical (unpaired) electrons. The van der Waals surface area contributed by atoms with Crippen LogP contribution in [0.1, 0.15) is 29.0 Å². The minimum absolute atomic E-state index is 0.315. The van der Waals surface area contributed by atoms with Gasteiger partial charge >= 0.3 is 0 Å². The molecule has 0 saturated carbocycles. The molecule has 0 aliphatic heterocycles. The highest BCUT2D eigenvalue weighted by Crippen LogP contribution is 2.51. The predicted octanol–water partition coefficient (Wildman–Crippen LogP) is 13.4. The predicted molar refractivity (Wildman–Crippen MR) is 238 cm³/mol. The van der Waals surface area contributed by atoms with Gasteiger partial charge in [0.2, 0.25) is 0 Å². The normalized spacial score (nSPS) is 13.1. The van der Waals surface area contributed by atoms with Crippen molar-refractivity contribution in [3.8, 4) is 62.1 Å². The zero-order valence-corrected chi connectivity index (χ0v) is 31.8. The van der Waals surface area contributed by atoms with Crippen LogP contribution in [-0.2, 0) is 6.42 Å². The lowest BCUT2D eigenvalue weighted by atomic mass is 9.90. The van der Waals surface area contributed by atoms with E-state index >= 15 is 0 Å². The van der Waals surface area contributed by atoms with Crippen molar-refractivity contribution in [1.82, 2.24) is 19.5 Å². The third-order valence-electron chi connectivity index (χ3n) is 11.7. The number of hydrogen-bond acceptors (Lipinski definition) is 3. The van der Waals surface area contributed by atoms with Gasteiger partial charge in [0.1, 0.15) is 0 Å². The Labute approximate surface area is 337 Å². The van der Waals surface area contributed by atoms with Crippen molar-refractivity contribution in [2.24, 2.45) is 0 Å². The summed E-state index contributed by atoms with van der Waals surface area (Å²) in [6, 6.07) is 71.3. The molecule has 0 bridgehead atoms. The summed E-state index contributed by atoms with van der Waals surface area (Å²) in [6.45, 7) is 0. The van der Waals surface area contributed by atoms with Crippen molar-refractivity contribution in [2.75, 3.05) is 0 Å². The summed E-state index contributed by atoms with van der Waals surface area (Å²) in [5, 5.41) is 2.50. The summed E-state index contributed by atoms with van der Waals surface area (Å²) < 4.78 is 2.46. The van der Waals surface area contributed by atoms with Crippen molar-refractivity contribution in [2.45, 2.75) is 18.8 Å². The fourth-order valence-corrected chi connectivity index (χ4v) is 8.95. The van der Waals surface area contributed by atoms with E-state index in [0.717, 1.165) is 40.8 Å². The highest BCUT2D eigenvalue weighted by Gasteiger charge is 2.32. The van der Waals surface area contributed by atoms with Crippen LogP contribution in [-0.4, -0.2) is 19.5 Å². The summed E-state index contributed by atoms with van der Waals surface area (Å²) in [5.74, 6) is 2.23. The summed E-state index contributed by atoms with van der Waals surface area (Å²) in [7, 11) is 0. The van der Waals surface area contributed by atoms with Gasteiger partial charge in [-0.25, -0.2) is 15.0 Å².